The number of unbranched alkanes of at least 4 members (excludes halogenated alkanes) is 1. The lowest BCUT2D eigenvalue weighted by Gasteiger charge is -2.29. The van der Waals surface area contributed by atoms with Gasteiger partial charge in [-0.15, -0.1) is 0 Å². The van der Waals surface area contributed by atoms with Crippen molar-refractivity contribution in [1.29, 1.82) is 0 Å². The number of rotatable bonds is 42. The summed E-state index contributed by atoms with van der Waals surface area (Å²) in [6, 6.07) is 2.77. The predicted molar refractivity (Wildman–Crippen MR) is 361 cm³/mol. The quantitative estimate of drug-likeness (QED) is 0.0140. The molecule has 31 heteroatoms. The zero-order valence-electron chi connectivity index (χ0n) is 54.8. The molecule has 27 N–H and O–H groups in total. The molecule has 2 aromatic heterocycles. The third kappa shape index (κ3) is 26.2. The predicted octanol–water partition coefficient (Wildman–Crippen LogP) is -1.24. The fraction of sp³-hybridized carbons (Fsp3) is 0.556. The molecular formula is C63H101N21O10. The number of guanidine groups is 3. The van der Waals surface area contributed by atoms with Crippen LogP contribution in [0.25, 0.3) is 21.8 Å². The van der Waals surface area contributed by atoms with Gasteiger partial charge < -0.3 is 103 Å². The summed E-state index contributed by atoms with van der Waals surface area (Å²) in [5.74, 6) is -9.09. The highest BCUT2D eigenvalue weighted by molar-refractivity contribution is 5.99. The third-order valence-electron chi connectivity index (χ3n) is 15.4. The Labute approximate surface area is 547 Å². The van der Waals surface area contributed by atoms with E-state index in [1.807, 2.05) is 50.2 Å². The van der Waals surface area contributed by atoms with Crippen molar-refractivity contribution < 1.29 is 48.3 Å². The lowest BCUT2D eigenvalue weighted by atomic mass is 9.99. The van der Waals surface area contributed by atoms with Crippen molar-refractivity contribution in [3.05, 3.63) is 72.1 Å². The minimum atomic E-state index is -1.47. The van der Waals surface area contributed by atoms with Gasteiger partial charge in [-0.1, -0.05) is 84.4 Å². The highest BCUT2D eigenvalue weighted by atomic mass is 16.4. The normalized spacial score (nSPS) is 14.2. The first-order valence-corrected chi connectivity index (χ1v) is 32.0. The molecule has 0 aliphatic heterocycles. The largest absolute Gasteiger partial charge is 0.480 e. The van der Waals surface area contributed by atoms with Crippen molar-refractivity contribution >= 4 is 92.9 Å². The summed E-state index contributed by atoms with van der Waals surface area (Å²) in [4.78, 5) is 147. The number of para-hydroxylation sites is 2. The average Bonchev–Trinajstić information content (AvgIpc) is 1.63. The van der Waals surface area contributed by atoms with Gasteiger partial charge in [-0.25, -0.2) is 4.79 Å². The fourth-order valence-corrected chi connectivity index (χ4v) is 10.5. The number of carbonyl (C=O) groups excluding carboxylic acids is 8. The molecule has 9 atom stereocenters. The smallest absolute Gasteiger partial charge is 0.326 e. The van der Waals surface area contributed by atoms with Crippen molar-refractivity contribution in [1.82, 2.24) is 52.5 Å². The topological polar surface area (TPSA) is 547 Å². The van der Waals surface area contributed by atoms with Crippen LogP contribution in [0.15, 0.2) is 75.9 Å². The van der Waals surface area contributed by atoms with E-state index in [-0.39, 0.29) is 114 Å². The number of aromatic nitrogens is 2. The molecule has 0 radical (unpaired) electrons. The van der Waals surface area contributed by atoms with E-state index in [9.17, 15) is 43.5 Å². The van der Waals surface area contributed by atoms with Crippen LogP contribution in [0.1, 0.15) is 123 Å². The molecule has 0 bridgehead atoms. The molecule has 0 fully saturated rings. The van der Waals surface area contributed by atoms with Crippen molar-refractivity contribution in [3.8, 4) is 0 Å². The van der Waals surface area contributed by atoms with Gasteiger partial charge in [0.15, 0.2) is 17.9 Å². The van der Waals surface area contributed by atoms with Crippen LogP contribution in [0.3, 0.4) is 0 Å². The first-order valence-electron chi connectivity index (χ1n) is 32.0. The monoisotopic (exact) mass is 1310 g/mol. The van der Waals surface area contributed by atoms with Crippen LogP contribution in [-0.4, -0.2) is 167 Å². The summed E-state index contributed by atoms with van der Waals surface area (Å²) in [7, 11) is 0. The summed E-state index contributed by atoms with van der Waals surface area (Å²) in [5.41, 5.74) is 48.2. The molecule has 4 rings (SSSR count). The number of fused-ring (bicyclic) bond motifs is 2. The van der Waals surface area contributed by atoms with E-state index in [1.165, 1.54) is 0 Å². The number of nitrogens with one attached hydrogen (secondary N) is 10. The van der Waals surface area contributed by atoms with E-state index in [0.29, 0.717) is 47.8 Å². The van der Waals surface area contributed by atoms with E-state index >= 15 is 4.79 Å². The lowest BCUT2D eigenvalue weighted by molar-refractivity contribution is -0.142. The number of aliphatic carboxylic acids is 1. The number of nitrogens with zero attached hydrogens (tertiary/aromatic N) is 3. The molecule has 4 aromatic rings. The number of benzene rings is 2. The van der Waals surface area contributed by atoms with Crippen molar-refractivity contribution in [2.75, 3.05) is 26.2 Å². The van der Waals surface area contributed by atoms with E-state index < -0.39 is 114 Å². The van der Waals surface area contributed by atoms with Crippen LogP contribution in [-0.2, 0) is 56.0 Å². The number of carboxylic acid groups (broad SMARTS) is 1. The molecule has 94 heavy (non-hydrogen) atoms. The maximum absolute atomic E-state index is 15.1. The molecule has 2 heterocycles. The number of aliphatic imine (C=N–C) groups is 3. The third-order valence-corrected chi connectivity index (χ3v) is 15.4. The number of hydrogen-bond acceptors (Lipinski definition) is 14. The molecule has 0 saturated heterocycles. The zero-order valence-corrected chi connectivity index (χ0v) is 54.8. The highest BCUT2D eigenvalue weighted by Crippen LogP contribution is 2.22. The lowest BCUT2D eigenvalue weighted by Crippen LogP contribution is -2.61. The molecular weight excluding hydrogens is 1210 g/mol. The minimum Gasteiger partial charge on any atom is -0.480 e. The highest BCUT2D eigenvalue weighted by Gasteiger charge is 2.37. The molecule has 0 spiro atoms. The second-order valence-electron chi connectivity index (χ2n) is 24.6. The standard InChI is InChI=1S/C63H101N21O10/c1-34(2)28-47(80-52(85)41(65)18-11-12-24-64)56(89)78-44(21-13-25-72-61(66)67)53(86)77-45(22-14-26-73-62(68)69)54(87)82-49(31-38-33-76-43-20-10-8-17-40(38)43)58(91)84-51(36(5)6)59(92)79-46(23-15-27-74-63(70)71)55(88)81-48(57(90)83-50(60(93)94)29-35(3)4)30-37-32-75-42-19-9-7-16-39(37)42/h7-10,16-17,19-20,32-36,41,44-51,75-76H,11-15,18,21-31,64-65H2,1-6H3,(H,77,86)(H,78,89)(H,79,92)(H,80,85)(H,81,88)(H,82,87)(H,83,90)(H,84,91)(H,93,94)(H4,66,67,72)(H4,68,69,73)(H4,70,71,74)/t41-,44-,45-,46-,47-,48-,49-,50-,51-/m0/s1. The van der Waals surface area contributed by atoms with Crippen LogP contribution in [0, 0.1) is 17.8 Å². The molecule has 0 aliphatic carbocycles. The van der Waals surface area contributed by atoms with Gasteiger partial charge in [0.05, 0.1) is 6.04 Å². The maximum atomic E-state index is 15.1. The van der Waals surface area contributed by atoms with Gasteiger partial charge in [-0.2, -0.15) is 0 Å². The zero-order chi connectivity index (χ0) is 69.6. The van der Waals surface area contributed by atoms with E-state index in [2.05, 4.69) is 67.5 Å². The number of hydrogen-bond donors (Lipinski definition) is 19. The van der Waals surface area contributed by atoms with Crippen LogP contribution < -0.4 is 88.4 Å². The second-order valence-corrected chi connectivity index (χ2v) is 24.6. The van der Waals surface area contributed by atoms with Crippen molar-refractivity contribution in [2.24, 2.45) is 78.6 Å². The minimum absolute atomic E-state index is 0.0186. The number of nitrogens with two attached hydrogens (primary N) is 8. The van der Waals surface area contributed by atoms with Gasteiger partial charge in [0.1, 0.15) is 48.3 Å². The number of carbonyl (C=O) groups is 9. The van der Waals surface area contributed by atoms with Gasteiger partial charge in [0, 0.05) is 66.7 Å². The van der Waals surface area contributed by atoms with Gasteiger partial charge in [-0.3, -0.25) is 53.3 Å². The van der Waals surface area contributed by atoms with Gasteiger partial charge >= 0.3 is 5.97 Å². The summed E-state index contributed by atoms with van der Waals surface area (Å²) >= 11 is 0. The Morgan fingerprint density at radius 3 is 1.18 bits per heavy atom. The van der Waals surface area contributed by atoms with Crippen LogP contribution in [0.4, 0.5) is 0 Å². The Bertz CT molecular complexity index is 3240. The SMILES string of the molecule is CC(C)C[C@H](NC(=O)[C@H](Cc1c[nH]c2ccccc12)NC(=O)[C@H](CCCN=C(N)N)NC(=O)[C@@H](NC(=O)[C@H](Cc1c[nH]c2ccccc12)NC(=O)[C@H](CCCN=C(N)N)NC(=O)[C@H](CCCN=C(N)N)NC(=O)[C@H](CC(C)C)NC(=O)[C@@H](N)CCCCN)C(C)C)C(=O)O. The van der Waals surface area contributed by atoms with Gasteiger partial charge in [0.2, 0.25) is 47.3 Å². The number of amides is 8. The molecule has 518 valence electrons. The Morgan fingerprint density at radius 1 is 0.436 bits per heavy atom. The number of carboxylic acids is 1. The molecule has 0 aliphatic rings. The summed E-state index contributed by atoms with van der Waals surface area (Å²) in [6.07, 6.45) is 5.09. The first kappa shape index (κ1) is 76.9. The average molecular weight is 1310 g/mol. The van der Waals surface area contributed by atoms with Crippen molar-refractivity contribution in [3.63, 3.8) is 0 Å². The Morgan fingerprint density at radius 2 is 0.787 bits per heavy atom. The number of aromatic amines is 2. The van der Waals surface area contributed by atoms with E-state index in [1.54, 1.807) is 52.2 Å². The Hall–Kier alpha value is -9.52. The molecule has 31 nitrogen and oxygen atoms in total. The molecule has 2 aromatic carbocycles. The van der Waals surface area contributed by atoms with Gasteiger partial charge in [-0.05, 0) is 112 Å². The van der Waals surface area contributed by atoms with Crippen LogP contribution in [0.2, 0.25) is 0 Å². The molecule has 8 amide bonds. The fourth-order valence-electron chi connectivity index (χ4n) is 10.5. The Balaban J connectivity index is 1.72. The van der Waals surface area contributed by atoms with E-state index in [0.717, 1.165) is 10.9 Å². The summed E-state index contributed by atoms with van der Waals surface area (Å²) in [6.45, 7) is 11.1. The maximum Gasteiger partial charge on any atom is 0.326 e. The number of H-pyrrole nitrogens is 2. The van der Waals surface area contributed by atoms with Crippen LogP contribution in [0.5, 0.6) is 0 Å². The Kier molecular flexibility index (Phi) is 32.0. The first-order chi connectivity index (χ1) is 44.6. The summed E-state index contributed by atoms with van der Waals surface area (Å²) in [5, 5.41) is 33.6. The van der Waals surface area contributed by atoms with Crippen molar-refractivity contribution in [2.45, 2.75) is 179 Å². The molecule has 0 saturated carbocycles. The summed E-state index contributed by atoms with van der Waals surface area (Å²) < 4.78 is 0. The second kappa shape index (κ2) is 39.1. The van der Waals surface area contributed by atoms with Crippen LogP contribution >= 0.6 is 0 Å². The molecule has 0 unspecified atom stereocenters. The van der Waals surface area contributed by atoms with E-state index in [4.69, 9.17) is 45.9 Å². The van der Waals surface area contributed by atoms with Gasteiger partial charge in [0.25, 0.3) is 0 Å².